The summed E-state index contributed by atoms with van der Waals surface area (Å²) < 4.78 is 1.04. The number of fused-ring (bicyclic) bond motifs is 1. The van der Waals surface area contributed by atoms with Gasteiger partial charge in [-0.2, -0.15) is 0 Å². The molecule has 2 N–H and O–H groups in total. The zero-order valence-corrected chi connectivity index (χ0v) is 13.0. The van der Waals surface area contributed by atoms with Gasteiger partial charge in [0.15, 0.2) is 0 Å². The highest BCUT2D eigenvalue weighted by Crippen LogP contribution is 2.35. The third-order valence-electron chi connectivity index (χ3n) is 3.19. The van der Waals surface area contributed by atoms with E-state index in [-0.39, 0.29) is 11.4 Å². The molecule has 0 aliphatic heterocycles. The highest BCUT2D eigenvalue weighted by molar-refractivity contribution is 7.21. The summed E-state index contributed by atoms with van der Waals surface area (Å²) in [6, 6.07) is 7.83. The second-order valence-electron chi connectivity index (χ2n) is 5.72. The van der Waals surface area contributed by atoms with Crippen LogP contribution in [-0.4, -0.2) is 22.9 Å². The second-order valence-corrected chi connectivity index (χ2v) is 6.77. The number of rotatable bonds is 3. The number of anilines is 1. The predicted molar refractivity (Wildman–Crippen MR) is 87.2 cm³/mol. The number of hydrogen-bond acceptors (Lipinski definition) is 3. The number of nitrogen functional groups attached to an aromatic ring is 1. The molecule has 20 heavy (non-hydrogen) atoms. The van der Waals surface area contributed by atoms with Crippen LogP contribution in [0.1, 0.15) is 30.4 Å². The van der Waals surface area contributed by atoms with Gasteiger partial charge in [0.05, 0.1) is 5.69 Å². The van der Waals surface area contributed by atoms with E-state index in [0.29, 0.717) is 17.1 Å². The molecule has 4 heteroatoms. The van der Waals surface area contributed by atoms with Crippen molar-refractivity contribution in [2.75, 3.05) is 12.3 Å². The number of hydrogen-bond donors (Lipinski definition) is 1. The summed E-state index contributed by atoms with van der Waals surface area (Å²) in [6.45, 7) is 10.3. The van der Waals surface area contributed by atoms with Crippen molar-refractivity contribution in [2.24, 2.45) is 0 Å². The smallest absolute Gasteiger partial charge is 0.266 e. The van der Waals surface area contributed by atoms with Crippen LogP contribution in [0.15, 0.2) is 36.9 Å². The Morgan fingerprint density at radius 2 is 2.05 bits per heavy atom. The molecule has 0 spiro atoms. The third-order valence-corrected chi connectivity index (χ3v) is 4.37. The molecule has 1 amide bonds. The molecule has 2 rings (SSSR count). The Morgan fingerprint density at radius 3 is 2.60 bits per heavy atom. The van der Waals surface area contributed by atoms with Crippen LogP contribution in [0.3, 0.4) is 0 Å². The lowest BCUT2D eigenvalue weighted by molar-refractivity contribution is 0.0623. The van der Waals surface area contributed by atoms with Crippen molar-refractivity contribution >= 4 is 33.0 Å². The number of carbonyl (C=O) groups is 1. The molecule has 0 saturated heterocycles. The lowest BCUT2D eigenvalue weighted by Gasteiger charge is -2.34. The van der Waals surface area contributed by atoms with Gasteiger partial charge >= 0.3 is 0 Å². The number of nitrogens with two attached hydrogens (primary N) is 1. The van der Waals surface area contributed by atoms with Gasteiger partial charge in [-0.15, -0.1) is 17.9 Å². The molecule has 0 bridgehead atoms. The standard InChI is InChI=1S/C16H20N2OS/c1-5-10-18(16(2,3)4)15(19)14-13(17)11-8-6-7-9-12(11)20-14/h5-9H,1,10,17H2,2-4H3. The van der Waals surface area contributed by atoms with E-state index in [4.69, 9.17) is 5.73 Å². The fourth-order valence-corrected chi connectivity index (χ4v) is 3.21. The molecule has 0 saturated carbocycles. The zero-order chi connectivity index (χ0) is 14.9. The zero-order valence-electron chi connectivity index (χ0n) is 12.1. The first-order valence-corrected chi connectivity index (χ1v) is 7.37. The summed E-state index contributed by atoms with van der Waals surface area (Å²) in [5.74, 6) is -0.0314. The van der Waals surface area contributed by atoms with Gasteiger partial charge in [0, 0.05) is 22.2 Å². The molecular formula is C16H20N2OS. The Labute approximate surface area is 123 Å². The van der Waals surface area contributed by atoms with Crippen molar-refractivity contribution in [1.29, 1.82) is 0 Å². The molecule has 0 aliphatic carbocycles. The predicted octanol–water partition coefficient (Wildman–Crippen LogP) is 3.91. The van der Waals surface area contributed by atoms with Crippen LogP contribution in [0.2, 0.25) is 0 Å². The van der Waals surface area contributed by atoms with Crippen LogP contribution in [0.4, 0.5) is 5.69 Å². The molecule has 0 aliphatic rings. The van der Waals surface area contributed by atoms with E-state index in [1.807, 2.05) is 45.0 Å². The van der Waals surface area contributed by atoms with Gasteiger partial charge in [-0.25, -0.2) is 0 Å². The molecule has 2 aromatic rings. The van der Waals surface area contributed by atoms with Gasteiger partial charge in [-0.1, -0.05) is 24.3 Å². The van der Waals surface area contributed by atoms with E-state index < -0.39 is 0 Å². The normalized spacial score (nSPS) is 11.6. The van der Waals surface area contributed by atoms with Gasteiger partial charge in [0.25, 0.3) is 5.91 Å². The minimum atomic E-state index is -0.270. The van der Waals surface area contributed by atoms with Crippen molar-refractivity contribution in [3.8, 4) is 0 Å². The van der Waals surface area contributed by atoms with Crippen LogP contribution in [0.25, 0.3) is 10.1 Å². The molecule has 0 atom stereocenters. The average Bonchev–Trinajstić information content (AvgIpc) is 2.72. The van der Waals surface area contributed by atoms with Crippen LogP contribution >= 0.6 is 11.3 Å². The van der Waals surface area contributed by atoms with Gasteiger partial charge in [-0.05, 0) is 26.8 Å². The highest BCUT2D eigenvalue weighted by atomic mass is 32.1. The van der Waals surface area contributed by atoms with E-state index in [2.05, 4.69) is 6.58 Å². The van der Waals surface area contributed by atoms with Crippen molar-refractivity contribution < 1.29 is 4.79 Å². The lowest BCUT2D eigenvalue weighted by Crippen LogP contribution is -2.45. The van der Waals surface area contributed by atoms with Crippen LogP contribution in [-0.2, 0) is 0 Å². The van der Waals surface area contributed by atoms with E-state index in [9.17, 15) is 4.79 Å². The molecule has 1 aromatic carbocycles. The first-order chi connectivity index (χ1) is 9.36. The van der Waals surface area contributed by atoms with Crippen molar-refractivity contribution in [2.45, 2.75) is 26.3 Å². The fourth-order valence-electron chi connectivity index (χ4n) is 2.14. The van der Waals surface area contributed by atoms with Crippen molar-refractivity contribution in [3.63, 3.8) is 0 Å². The molecular weight excluding hydrogens is 268 g/mol. The van der Waals surface area contributed by atoms with E-state index >= 15 is 0 Å². The Morgan fingerprint density at radius 1 is 1.40 bits per heavy atom. The van der Waals surface area contributed by atoms with E-state index in [0.717, 1.165) is 10.1 Å². The Hall–Kier alpha value is -1.81. The maximum Gasteiger partial charge on any atom is 0.266 e. The summed E-state index contributed by atoms with van der Waals surface area (Å²) in [5.41, 5.74) is 6.46. The van der Waals surface area contributed by atoms with Crippen LogP contribution in [0, 0.1) is 0 Å². The van der Waals surface area contributed by atoms with Gasteiger partial charge in [0.1, 0.15) is 4.88 Å². The van der Waals surface area contributed by atoms with Crippen molar-refractivity contribution in [3.05, 3.63) is 41.8 Å². The second kappa shape index (κ2) is 5.29. The van der Waals surface area contributed by atoms with Crippen LogP contribution < -0.4 is 5.73 Å². The summed E-state index contributed by atoms with van der Waals surface area (Å²) >= 11 is 1.45. The molecule has 106 valence electrons. The number of benzene rings is 1. The van der Waals surface area contributed by atoms with Crippen molar-refractivity contribution in [1.82, 2.24) is 4.90 Å². The first-order valence-electron chi connectivity index (χ1n) is 6.56. The summed E-state index contributed by atoms with van der Waals surface area (Å²) in [7, 11) is 0. The average molecular weight is 288 g/mol. The summed E-state index contributed by atoms with van der Waals surface area (Å²) in [5, 5.41) is 0.952. The maximum atomic E-state index is 12.8. The number of amides is 1. The monoisotopic (exact) mass is 288 g/mol. The maximum absolute atomic E-state index is 12.8. The Balaban J connectivity index is 2.49. The largest absolute Gasteiger partial charge is 0.397 e. The molecule has 0 radical (unpaired) electrons. The molecule has 0 unspecified atom stereocenters. The minimum absolute atomic E-state index is 0.0314. The topological polar surface area (TPSA) is 46.3 Å². The number of carbonyl (C=O) groups excluding carboxylic acids is 1. The third kappa shape index (κ3) is 2.56. The summed E-state index contributed by atoms with van der Waals surface area (Å²) in [4.78, 5) is 15.2. The van der Waals surface area contributed by atoms with Gasteiger partial charge < -0.3 is 10.6 Å². The van der Waals surface area contributed by atoms with Gasteiger partial charge in [-0.3, -0.25) is 4.79 Å². The van der Waals surface area contributed by atoms with E-state index in [1.54, 1.807) is 11.0 Å². The minimum Gasteiger partial charge on any atom is -0.397 e. The fraction of sp³-hybridized carbons (Fsp3) is 0.312. The lowest BCUT2D eigenvalue weighted by atomic mass is 10.1. The molecule has 1 heterocycles. The van der Waals surface area contributed by atoms with Crippen LogP contribution in [0.5, 0.6) is 0 Å². The SMILES string of the molecule is C=CCN(C(=O)c1sc2ccccc2c1N)C(C)(C)C. The number of nitrogens with zero attached hydrogens (tertiary/aromatic N) is 1. The summed E-state index contributed by atoms with van der Waals surface area (Å²) in [6.07, 6.45) is 1.74. The Bertz CT molecular complexity index is 652. The first kappa shape index (κ1) is 14.6. The molecule has 3 nitrogen and oxygen atoms in total. The van der Waals surface area contributed by atoms with E-state index in [1.165, 1.54) is 11.3 Å². The van der Waals surface area contributed by atoms with Gasteiger partial charge in [0.2, 0.25) is 0 Å². The highest BCUT2D eigenvalue weighted by Gasteiger charge is 2.29. The molecule has 1 aromatic heterocycles. The quantitative estimate of drug-likeness (QED) is 0.870. The molecule has 0 fully saturated rings. The Kier molecular flexibility index (Phi) is 3.86. The number of thiophene rings is 1.